The monoisotopic (exact) mass is 188 g/mol. The van der Waals surface area contributed by atoms with Crippen molar-refractivity contribution in [1.29, 1.82) is 0 Å². The van der Waals surface area contributed by atoms with Gasteiger partial charge in [-0.15, -0.1) is 0 Å². The van der Waals surface area contributed by atoms with Crippen molar-refractivity contribution < 1.29 is 0 Å². The average Bonchev–Trinajstić information content (AvgIpc) is 2.20. The Bertz CT molecular complexity index is 351. The Balaban J connectivity index is 2.74. The van der Waals surface area contributed by atoms with Crippen LogP contribution in [-0.4, -0.2) is 6.21 Å². The Hall–Kier alpha value is -1.57. The van der Waals surface area contributed by atoms with Gasteiger partial charge in [0.05, 0.1) is 5.69 Å². The van der Waals surface area contributed by atoms with Crippen LogP contribution in [0.25, 0.3) is 0 Å². The van der Waals surface area contributed by atoms with E-state index < -0.39 is 0 Å². The Morgan fingerprint density at radius 1 is 1.43 bits per heavy atom. The predicted molar refractivity (Wildman–Crippen MR) is 61.9 cm³/mol. The van der Waals surface area contributed by atoms with E-state index in [4.69, 9.17) is 5.73 Å². The molecule has 1 aromatic carbocycles. The number of hydrogen-bond donors (Lipinski definition) is 1. The third-order valence-electron chi connectivity index (χ3n) is 2.03. The molecule has 0 amide bonds. The summed E-state index contributed by atoms with van der Waals surface area (Å²) in [5.41, 5.74) is 8.66. The summed E-state index contributed by atoms with van der Waals surface area (Å²) >= 11 is 0. The minimum absolute atomic E-state index is 0.849. The van der Waals surface area contributed by atoms with Crippen molar-refractivity contribution in [1.82, 2.24) is 0 Å². The lowest BCUT2D eigenvalue weighted by Crippen LogP contribution is -1.94. The van der Waals surface area contributed by atoms with Crippen LogP contribution in [0.2, 0.25) is 0 Å². The lowest BCUT2D eigenvalue weighted by Gasteiger charge is -1.96. The van der Waals surface area contributed by atoms with Crippen LogP contribution < -0.4 is 5.73 Å². The van der Waals surface area contributed by atoms with E-state index in [9.17, 15) is 0 Å². The molecule has 0 bridgehead atoms. The third-order valence-corrected chi connectivity index (χ3v) is 2.03. The highest BCUT2D eigenvalue weighted by Gasteiger charge is 1.90. The van der Waals surface area contributed by atoms with E-state index in [0.717, 1.165) is 17.8 Å². The first kappa shape index (κ1) is 10.5. The number of aryl methyl sites for hydroxylation is 1. The highest BCUT2D eigenvalue weighted by molar-refractivity contribution is 5.75. The van der Waals surface area contributed by atoms with Gasteiger partial charge < -0.3 is 5.73 Å². The van der Waals surface area contributed by atoms with Gasteiger partial charge >= 0.3 is 0 Å². The summed E-state index contributed by atoms with van der Waals surface area (Å²) in [6, 6.07) is 8.01. The second kappa shape index (κ2) is 5.22. The zero-order valence-electron chi connectivity index (χ0n) is 8.70. The molecule has 74 valence electrons. The van der Waals surface area contributed by atoms with E-state index in [0.29, 0.717) is 0 Å². The van der Waals surface area contributed by atoms with Gasteiger partial charge in [-0.05, 0) is 31.1 Å². The van der Waals surface area contributed by atoms with Gasteiger partial charge in [-0.2, -0.15) is 0 Å². The van der Waals surface area contributed by atoms with E-state index in [1.54, 1.807) is 6.21 Å². The molecule has 1 rings (SSSR count). The summed E-state index contributed by atoms with van der Waals surface area (Å²) in [4.78, 5) is 4.31. The van der Waals surface area contributed by atoms with Gasteiger partial charge in [0.2, 0.25) is 0 Å². The molecule has 14 heavy (non-hydrogen) atoms. The first-order chi connectivity index (χ1) is 6.74. The van der Waals surface area contributed by atoms with Crippen molar-refractivity contribution in [2.24, 2.45) is 10.7 Å². The quantitative estimate of drug-likeness (QED) is 0.728. The molecule has 0 aromatic heterocycles. The molecular weight excluding hydrogens is 172 g/mol. The summed E-state index contributed by atoms with van der Waals surface area (Å²) in [5, 5.41) is 0. The van der Waals surface area contributed by atoms with Crippen molar-refractivity contribution >= 4 is 11.9 Å². The summed E-state index contributed by atoms with van der Waals surface area (Å²) in [7, 11) is 0. The van der Waals surface area contributed by atoms with Crippen LogP contribution in [-0.2, 0) is 0 Å². The Morgan fingerprint density at radius 2 is 2.14 bits per heavy atom. The molecule has 0 spiro atoms. The zero-order chi connectivity index (χ0) is 10.4. The number of hydrogen-bond acceptors (Lipinski definition) is 2. The Labute approximate surface area is 85.2 Å². The molecule has 1 aromatic rings. The predicted octanol–water partition coefficient (Wildman–Crippen LogP) is 2.95. The molecule has 2 nitrogen and oxygen atoms in total. The largest absolute Gasteiger partial charge is 0.402 e. The highest BCUT2D eigenvalue weighted by atomic mass is 14.7. The molecule has 0 saturated carbocycles. The molecule has 0 atom stereocenters. The lowest BCUT2D eigenvalue weighted by molar-refractivity contribution is 1.07. The van der Waals surface area contributed by atoms with Crippen LogP contribution in [0.5, 0.6) is 0 Å². The Morgan fingerprint density at radius 3 is 2.79 bits per heavy atom. The topological polar surface area (TPSA) is 38.4 Å². The van der Waals surface area contributed by atoms with Gasteiger partial charge in [0.1, 0.15) is 0 Å². The maximum Gasteiger partial charge on any atom is 0.0658 e. The second-order valence-corrected chi connectivity index (χ2v) is 3.16. The normalized spacial score (nSPS) is 12.3. The van der Waals surface area contributed by atoms with Gasteiger partial charge in [-0.1, -0.05) is 25.1 Å². The number of benzene rings is 1. The van der Waals surface area contributed by atoms with Crippen molar-refractivity contribution in [3.8, 4) is 0 Å². The number of aliphatic imine (C=N–C) groups is 1. The fourth-order valence-corrected chi connectivity index (χ4v) is 1.04. The molecule has 0 aliphatic carbocycles. The van der Waals surface area contributed by atoms with E-state index >= 15 is 0 Å². The van der Waals surface area contributed by atoms with E-state index in [1.165, 1.54) is 5.56 Å². The average molecular weight is 188 g/mol. The molecule has 0 heterocycles. The van der Waals surface area contributed by atoms with Gasteiger partial charge in [0.25, 0.3) is 0 Å². The number of nitrogens with zero attached hydrogens (tertiary/aromatic N) is 1. The summed E-state index contributed by atoms with van der Waals surface area (Å²) in [5.74, 6) is 0. The van der Waals surface area contributed by atoms with E-state index in [1.807, 2.05) is 44.2 Å². The minimum Gasteiger partial charge on any atom is -0.402 e. The van der Waals surface area contributed by atoms with Crippen LogP contribution in [0.15, 0.2) is 41.0 Å². The maximum absolute atomic E-state index is 5.65. The van der Waals surface area contributed by atoms with Gasteiger partial charge in [0.15, 0.2) is 0 Å². The summed E-state index contributed by atoms with van der Waals surface area (Å²) in [6.45, 7) is 4.06. The molecular formula is C12H16N2. The zero-order valence-corrected chi connectivity index (χ0v) is 8.70. The van der Waals surface area contributed by atoms with Crippen molar-refractivity contribution in [3.63, 3.8) is 0 Å². The molecule has 0 aliphatic rings. The molecule has 2 N–H and O–H groups in total. The van der Waals surface area contributed by atoms with Gasteiger partial charge in [-0.25, -0.2) is 0 Å². The minimum atomic E-state index is 0.849. The number of nitrogens with two attached hydrogens (primary N) is 1. The standard InChI is InChI=1S/C12H16N2/c1-3-11(13)8-9-14-12-7-5-4-6-10(12)2/h4-9H,3,13H2,1-2H3. The van der Waals surface area contributed by atoms with Crippen molar-refractivity contribution in [3.05, 3.63) is 41.6 Å². The molecule has 0 fully saturated rings. The first-order valence-electron chi connectivity index (χ1n) is 4.78. The van der Waals surface area contributed by atoms with Crippen LogP contribution in [0.1, 0.15) is 18.9 Å². The molecule has 0 saturated heterocycles. The SMILES string of the molecule is CCC(N)=CC=Nc1ccccc1C. The number of para-hydroxylation sites is 1. The van der Waals surface area contributed by atoms with E-state index in [-0.39, 0.29) is 0 Å². The molecule has 0 radical (unpaired) electrons. The first-order valence-corrected chi connectivity index (χ1v) is 4.78. The molecule has 0 unspecified atom stereocenters. The van der Waals surface area contributed by atoms with E-state index in [2.05, 4.69) is 4.99 Å². The summed E-state index contributed by atoms with van der Waals surface area (Å²) in [6.07, 6.45) is 4.45. The van der Waals surface area contributed by atoms with Gasteiger partial charge in [-0.3, -0.25) is 4.99 Å². The maximum atomic E-state index is 5.65. The van der Waals surface area contributed by atoms with Crippen LogP contribution in [0.4, 0.5) is 5.69 Å². The second-order valence-electron chi connectivity index (χ2n) is 3.16. The summed E-state index contributed by atoms with van der Waals surface area (Å²) < 4.78 is 0. The van der Waals surface area contributed by atoms with Gasteiger partial charge in [0, 0.05) is 11.9 Å². The van der Waals surface area contributed by atoms with Crippen LogP contribution in [0.3, 0.4) is 0 Å². The number of rotatable bonds is 3. The Kier molecular flexibility index (Phi) is 3.92. The highest BCUT2D eigenvalue weighted by Crippen LogP contribution is 2.16. The molecule has 0 aliphatic heterocycles. The fourth-order valence-electron chi connectivity index (χ4n) is 1.04. The smallest absolute Gasteiger partial charge is 0.0658 e. The number of allylic oxidation sites excluding steroid dienone is 2. The fraction of sp³-hybridized carbons (Fsp3) is 0.250. The third kappa shape index (κ3) is 3.05. The molecule has 2 heteroatoms. The lowest BCUT2D eigenvalue weighted by atomic mass is 10.2. The van der Waals surface area contributed by atoms with Crippen molar-refractivity contribution in [2.75, 3.05) is 0 Å². The van der Waals surface area contributed by atoms with Crippen molar-refractivity contribution in [2.45, 2.75) is 20.3 Å². The van der Waals surface area contributed by atoms with Crippen LogP contribution in [0, 0.1) is 6.92 Å². The van der Waals surface area contributed by atoms with Crippen LogP contribution >= 0.6 is 0 Å².